The summed E-state index contributed by atoms with van der Waals surface area (Å²) >= 11 is 0. The molecular weight excluding hydrogens is 314 g/mol. The molecule has 0 unspecified atom stereocenters. The summed E-state index contributed by atoms with van der Waals surface area (Å²) in [4.78, 5) is 30.2. The number of nitrogens with one attached hydrogen (secondary N) is 2. The van der Waals surface area contributed by atoms with E-state index in [9.17, 15) is 9.59 Å². The Balaban J connectivity index is 1.38. The quantitative estimate of drug-likeness (QED) is 0.899. The summed E-state index contributed by atoms with van der Waals surface area (Å²) in [5.41, 5.74) is 3.17. The van der Waals surface area contributed by atoms with Crippen molar-refractivity contribution in [2.45, 2.75) is 38.1 Å². The molecule has 2 atom stereocenters. The second-order valence-corrected chi connectivity index (χ2v) is 6.96. The van der Waals surface area contributed by atoms with Gasteiger partial charge in [0.15, 0.2) is 0 Å². The third kappa shape index (κ3) is 3.18. The van der Waals surface area contributed by atoms with E-state index in [-0.39, 0.29) is 23.8 Å². The first-order valence-electron chi connectivity index (χ1n) is 9.04. The molecule has 1 saturated heterocycles. The van der Waals surface area contributed by atoms with Gasteiger partial charge in [0.2, 0.25) is 11.8 Å². The van der Waals surface area contributed by atoms with E-state index in [2.05, 4.69) is 10.3 Å². The Morgan fingerprint density at radius 1 is 1.20 bits per heavy atom. The molecular formula is C20H23N3O2. The number of nitrogens with zero attached hydrogens (tertiary/aromatic N) is 1. The fourth-order valence-corrected chi connectivity index (χ4v) is 4.03. The molecule has 1 fully saturated rings. The SMILES string of the molecule is O=C1Nc2ccccc2C[C@H]1CCC(=O)N1CCC[C@@H]1c1ccc[nH]1. The van der Waals surface area contributed by atoms with Crippen molar-refractivity contribution in [2.24, 2.45) is 5.92 Å². The van der Waals surface area contributed by atoms with Gasteiger partial charge < -0.3 is 15.2 Å². The Bertz CT molecular complexity index is 769. The lowest BCUT2D eigenvalue weighted by Crippen LogP contribution is -2.33. The minimum atomic E-state index is -0.120. The molecule has 25 heavy (non-hydrogen) atoms. The zero-order valence-corrected chi connectivity index (χ0v) is 14.2. The summed E-state index contributed by atoms with van der Waals surface area (Å²) in [6.07, 6.45) is 5.69. The highest BCUT2D eigenvalue weighted by atomic mass is 16.2. The molecule has 2 aliphatic heterocycles. The van der Waals surface area contributed by atoms with Crippen LogP contribution in [0.3, 0.4) is 0 Å². The summed E-state index contributed by atoms with van der Waals surface area (Å²) in [5.74, 6) is 0.0722. The van der Waals surface area contributed by atoms with Gasteiger partial charge in [0.1, 0.15) is 0 Å². The van der Waals surface area contributed by atoms with Crippen molar-refractivity contribution in [3.8, 4) is 0 Å². The second-order valence-electron chi connectivity index (χ2n) is 6.96. The van der Waals surface area contributed by atoms with E-state index in [1.807, 2.05) is 47.5 Å². The smallest absolute Gasteiger partial charge is 0.227 e. The van der Waals surface area contributed by atoms with E-state index >= 15 is 0 Å². The molecule has 5 heteroatoms. The molecule has 0 saturated carbocycles. The van der Waals surface area contributed by atoms with Gasteiger partial charge in [0, 0.05) is 36.5 Å². The lowest BCUT2D eigenvalue weighted by molar-refractivity contribution is -0.132. The number of H-pyrrole nitrogens is 1. The molecule has 0 aliphatic carbocycles. The number of rotatable bonds is 4. The number of carbonyl (C=O) groups is 2. The van der Waals surface area contributed by atoms with Gasteiger partial charge >= 0.3 is 0 Å². The fraction of sp³-hybridized carbons (Fsp3) is 0.400. The lowest BCUT2D eigenvalue weighted by atomic mass is 9.89. The van der Waals surface area contributed by atoms with Crippen LogP contribution in [0.5, 0.6) is 0 Å². The van der Waals surface area contributed by atoms with Gasteiger partial charge in [-0.15, -0.1) is 0 Å². The van der Waals surface area contributed by atoms with Gasteiger partial charge in [-0.05, 0) is 49.4 Å². The van der Waals surface area contributed by atoms with Crippen LogP contribution in [0, 0.1) is 5.92 Å². The van der Waals surface area contributed by atoms with Crippen LogP contribution in [0.25, 0.3) is 0 Å². The molecule has 2 amide bonds. The van der Waals surface area contributed by atoms with Crippen molar-refractivity contribution >= 4 is 17.5 Å². The van der Waals surface area contributed by atoms with Gasteiger partial charge in [-0.3, -0.25) is 9.59 Å². The zero-order chi connectivity index (χ0) is 17.2. The van der Waals surface area contributed by atoms with Crippen LogP contribution < -0.4 is 5.32 Å². The maximum absolute atomic E-state index is 12.7. The molecule has 130 valence electrons. The normalized spacial score (nSPS) is 22.6. The molecule has 2 N–H and O–H groups in total. The number of para-hydroxylation sites is 1. The molecule has 3 heterocycles. The van der Waals surface area contributed by atoms with E-state index < -0.39 is 0 Å². The first kappa shape index (κ1) is 15.9. The fourth-order valence-electron chi connectivity index (χ4n) is 4.03. The number of anilines is 1. The molecule has 0 radical (unpaired) electrons. The highest BCUT2D eigenvalue weighted by molar-refractivity contribution is 5.96. The van der Waals surface area contributed by atoms with Gasteiger partial charge in [-0.2, -0.15) is 0 Å². The van der Waals surface area contributed by atoms with Crippen LogP contribution in [0.15, 0.2) is 42.6 Å². The first-order chi connectivity index (χ1) is 12.2. The highest BCUT2D eigenvalue weighted by Crippen LogP contribution is 2.33. The van der Waals surface area contributed by atoms with Crippen LogP contribution in [0.2, 0.25) is 0 Å². The molecule has 0 bridgehead atoms. The van der Waals surface area contributed by atoms with E-state index in [0.717, 1.165) is 42.8 Å². The molecule has 2 aromatic rings. The summed E-state index contributed by atoms with van der Waals surface area (Å²) in [6.45, 7) is 0.808. The Hall–Kier alpha value is -2.56. The standard InChI is InChI=1S/C20H23N3O2/c24-19(23-12-4-8-18(23)17-7-3-11-21-17)10-9-15-13-14-5-1-2-6-16(14)22-20(15)25/h1-3,5-7,11,15,18,21H,4,8-10,12-13H2,(H,22,25)/t15-,18-/m1/s1. The minimum absolute atomic E-state index is 0.0360. The summed E-state index contributed by atoms with van der Waals surface area (Å²) in [5, 5.41) is 2.97. The topological polar surface area (TPSA) is 65.2 Å². The molecule has 5 nitrogen and oxygen atoms in total. The van der Waals surface area contributed by atoms with Crippen LogP contribution in [0.1, 0.15) is 43.0 Å². The van der Waals surface area contributed by atoms with E-state index in [1.165, 1.54) is 0 Å². The molecule has 1 aromatic heterocycles. The molecule has 0 spiro atoms. The summed E-state index contributed by atoms with van der Waals surface area (Å²) < 4.78 is 0. The number of amides is 2. The number of fused-ring (bicyclic) bond motifs is 1. The van der Waals surface area contributed by atoms with Crippen molar-refractivity contribution in [3.63, 3.8) is 0 Å². The van der Waals surface area contributed by atoms with Gasteiger partial charge in [-0.1, -0.05) is 18.2 Å². The van der Waals surface area contributed by atoms with Crippen molar-refractivity contribution in [2.75, 3.05) is 11.9 Å². The van der Waals surface area contributed by atoms with E-state index in [4.69, 9.17) is 0 Å². The van der Waals surface area contributed by atoms with Crippen LogP contribution >= 0.6 is 0 Å². The van der Waals surface area contributed by atoms with Crippen LogP contribution in [-0.4, -0.2) is 28.2 Å². The maximum Gasteiger partial charge on any atom is 0.227 e. The Labute approximate surface area is 147 Å². The van der Waals surface area contributed by atoms with Crippen molar-refractivity contribution < 1.29 is 9.59 Å². The van der Waals surface area contributed by atoms with Gasteiger partial charge in [0.25, 0.3) is 0 Å². The van der Waals surface area contributed by atoms with Gasteiger partial charge in [0.05, 0.1) is 6.04 Å². The van der Waals surface area contributed by atoms with Crippen molar-refractivity contribution in [1.82, 2.24) is 9.88 Å². The number of likely N-dealkylation sites (tertiary alicyclic amines) is 1. The van der Waals surface area contributed by atoms with Gasteiger partial charge in [-0.25, -0.2) is 0 Å². The first-order valence-corrected chi connectivity index (χ1v) is 9.04. The van der Waals surface area contributed by atoms with E-state index in [0.29, 0.717) is 12.8 Å². The third-order valence-corrected chi connectivity index (χ3v) is 5.37. The lowest BCUT2D eigenvalue weighted by Gasteiger charge is -2.27. The minimum Gasteiger partial charge on any atom is -0.363 e. The molecule has 2 aliphatic rings. The summed E-state index contributed by atoms with van der Waals surface area (Å²) in [6, 6.07) is 12.1. The number of carbonyl (C=O) groups excluding carboxylic acids is 2. The number of aromatic nitrogens is 1. The number of hydrogen-bond acceptors (Lipinski definition) is 2. The predicted molar refractivity (Wildman–Crippen MR) is 96.0 cm³/mol. The van der Waals surface area contributed by atoms with E-state index in [1.54, 1.807) is 0 Å². The van der Waals surface area contributed by atoms with Crippen molar-refractivity contribution in [3.05, 3.63) is 53.9 Å². The average molecular weight is 337 g/mol. The maximum atomic E-state index is 12.7. The second kappa shape index (κ2) is 6.75. The Morgan fingerprint density at radius 2 is 2.08 bits per heavy atom. The molecule has 1 aromatic carbocycles. The van der Waals surface area contributed by atoms with Crippen molar-refractivity contribution in [1.29, 1.82) is 0 Å². The third-order valence-electron chi connectivity index (χ3n) is 5.37. The van der Waals surface area contributed by atoms with Crippen LogP contribution in [0.4, 0.5) is 5.69 Å². The largest absolute Gasteiger partial charge is 0.363 e. The Morgan fingerprint density at radius 3 is 2.92 bits per heavy atom. The predicted octanol–water partition coefficient (Wildman–Crippen LogP) is 3.27. The summed E-state index contributed by atoms with van der Waals surface area (Å²) in [7, 11) is 0. The zero-order valence-electron chi connectivity index (χ0n) is 14.2. The number of benzene rings is 1. The highest BCUT2D eigenvalue weighted by Gasteiger charge is 2.32. The Kier molecular flexibility index (Phi) is 4.30. The monoisotopic (exact) mass is 337 g/mol. The molecule has 4 rings (SSSR count). The average Bonchev–Trinajstić information content (AvgIpc) is 3.30. The van der Waals surface area contributed by atoms with Crippen LogP contribution in [-0.2, 0) is 16.0 Å². The number of aromatic amines is 1. The number of hydrogen-bond donors (Lipinski definition) is 2.